The van der Waals surface area contributed by atoms with Crippen LogP contribution in [0.2, 0.25) is 0 Å². The van der Waals surface area contributed by atoms with Gasteiger partial charge in [0.2, 0.25) is 0 Å². The first kappa shape index (κ1) is 17.1. The van der Waals surface area contributed by atoms with Crippen molar-refractivity contribution in [1.82, 2.24) is 0 Å². The molecular formula is C14H14F5NO. The van der Waals surface area contributed by atoms with Gasteiger partial charge in [0, 0.05) is 23.2 Å². The average Bonchev–Trinajstić information content (AvgIpc) is 2.23. The van der Waals surface area contributed by atoms with Crippen molar-refractivity contribution in [1.29, 1.82) is 0 Å². The number of allylic oxidation sites excluding steroid dienone is 2. The van der Waals surface area contributed by atoms with Crippen LogP contribution >= 0.6 is 0 Å². The molecule has 0 aromatic heterocycles. The van der Waals surface area contributed by atoms with Crippen LogP contribution in [0.3, 0.4) is 0 Å². The molecule has 0 unspecified atom stereocenters. The number of benzene rings is 1. The van der Waals surface area contributed by atoms with Gasteiger partial charge < -0.3 is 5.32 Å². The van der Waals surface area contributed by atoms with Gasteiger partial charge in [0.1, 0.15) is 17.3 Å². The lowest BCUT2D eigenvalue weighted by atomic mass is 9.90. The fraction of sp³-hybridized carbons (Fsp3) is 0.357. The maximum Gasteiger partial charge on any atom is 0.431 e. The van der Waals surface area contributed by atoms with Gasteiger partial charge in [0.05, 0.1) is 0 Å². The van der Waals surface area contributed by atoms with E-state index in [1.165, 1.54) is 20.8 Å². The van der Waals surface area contributed by atoms with Gasteiger partial charge in [0.15, 0.2) is 5.78 Å². The topological polar surface area (TPSA) is 29.1 Å². The van der Waals surface area contributed by atoms with Crippen molar-refractivity contribution >= 4 is 11.5 Å². The molecule has 0 atom stereocenters. The Balaban J connectivity index is 3.16. The van der Waals surface area contributed by atoms with E-state index in [0.717, 1.165) is 0 Å². The van der Waals surface area contributed by atoms with Crippen LogP contribution in [-0.2, 0) is 4.79 Å². The third kappa shape index (κ3) is 5.17. The monoisotopic (exact) mass is 307 g/mol. The normalized spacial score (nSPS) is 13.2. The Bertz CT molecular complexity index is 549. The summed E-state index contributed by atoms with van der Waals surface area (Å²) in [6, 6.07) is 1.93. The summed E-state index contributed by atoms with van der Waals surface area (Å²) < 4.78 is 64.6. The Labute approximate surface area is 118 Å². The van der Waals surface area contributed by atoms with E-state index in [1.54, 1.807) is 0 Å². The minimum absolute atomic E-state index is 0.392. The van der Waals surface area contributed by atoms with Gasteiger partial charge in [-0.15, -0.1) is 0 Å². The van der Waals surface area contributed by atoms with Crippen LogP contribution in [0.5, 0.6) is 0 Å². The van der Waals surface area contributed by atoms with E-state index in [2.05, 4.69) is 0 Å². The number of ketones is 1. The standard InChI is InChI=1S/C14H14F5NO/c1-13(2,3)12(21)7-11(14(17,18)19)20-10-5-8(15)4-9(16)6-10/h4-7,20H,1-3H3/b11-7+. The molecule has 0 spiro atoms. The second-order valence-electron chi connectivity index (χ2n) is 5.45. The summed E-state index contributed by atoms with van der Waals surface area (Å²) in [7, 11) is 0. The number of nitrogens with one attached hydrogen (secondary N) is 1. The predicted molar refractivity (Wildman–Crippen MR) is 68.6 cm³/mol. The Morgan fingerprint density at radius 1 is 1.05 bits per heavy atom. The molecule has 0 heterocycles. The Hall–Kier alpha value is -1.92. The van der Waals surface area contributed by atoms with Crippen LogP contribution < -0.4 is 5.32 Å². The van der Waals surface area contributed by atoms with Gasteiger partial charge in [-0.25, -0.2) is 8.78 Å². The molecule has 7 heteroatoms. The predicted octanol–water partition coefficient (Wildman–Crippen LogP) is 4.44. The van der Waals surface area contributed by atoms with Crippen molar-refractivity contribution in [3.8, 4) is 0 Å². The fourth-order valence-corrected chi connectivity index (χ4v) is 1.32. The van der Waals surface area contributed by atoms with Gasteiger partial charge in [0.25, 0.3) is 0 Å². The van der Waals surface area contributed by atoms with Crippen molar-refractivity contribution in [2.24, 2.45) is 5.41 Å². The van der Waals surface area contributed by atoms with E-state index in [1.807, 2.05) is 5.32 Å². The van der Waals surface area contributed by atoms with Gasteiger partial charge in [-0.2, -0.15) is 13.2 Å². The molecule has 0 amide bonds. The van der Waals surface area contributed by atoms with E-state index in [9.17, 15) is 26.7 Å². The van der Waals surface area contributed by atoms with Crippen molar-refractivity contribution < 1.29 is 26.7 Å². The highest BCUT2D eigenvalue weighted by Gasteiger charge is 2.36. The highest BCUT2D eigenvalue weighted by molar-refractivity contribution is 5.95. The summed E-state index contributed by atoms with van der Waals surface area (Å²) in [5.74, 6) is -2.82. The van der Waals surface area contributed by atoms with Gasteiger partial charge in [-0.1, -0.05) is 20.8 Å². The average molecular weight is 307 g/mol. The molecule has 1 aromatic rings. The minimum Gasteiger partial charge on any atom is -0.351 e. The van der Waals surface area contributed by atoms with Gasteiger partial charge >= 0.3 is 6.18 Å². The molecule has 0 radical (unpaired) electrons. The molecule has 2 nitrogen and oxygen atoms in total. The third-order valence-electron chi connectivity index (χ3n) is 2.46. The van der Waals surface area contributed by atoms with Crippen LogP contribution in [0, 0.1) is 17.0 Å². The maximum absolute atomic E-state index is 13.0. The largest absolute Gasteiger partial charge is 0.431 e. The second-order valence-corrected chi connectivity index (χ2v) is 5.45. The lowest BCUT2D eigenvalue weighted by molar-refractivity contribution is -0.122. The van der Waals surface area contributed by atoms with Crippen molar-refractivity contribution in [3.05, 3.63) is 41.6 Å². The van der Waals surface area contributed by atoms with Crippen molar-refractivity contribution in [2.75, 3.05) is 5.32 Å². The molecule has 0 aliphatic rings. The molecule has 0 fully saturated rings. The zero-order valence-corrected chi connectivity index (χ0v) is 11.6. The van der Waals surface area contributed by atoms with Crippen molar-refractivity contribution in [3.63, 3.8) is 0 Å². The first-order valence-electron chi connectivity index (χ1n) is 5.96. The number of hydrogen-bond acceptors (Lipinski definition) is 2. The van der Waals surface area contributed by atoms with Crippen LogP contribution in [-0.4, -0.2) is 12.0 Å². The smallest absolute Gasteiger partial charge is 0.351 e. The van der Waals surface area contributed by atoms with E-state index in [-0.39, 0.29) is 0 Å². The summed E-state index contributed by atoms with van der Waals surface area (Å²) in [6.45, 7) is 4.38. The molecule has 0 saturated heterocycles. The molecule has 1 aromatic carbocycles. The molecule has 0 aliphatic carbocycles. The number of alkyl halides is 3. The molecule has 1 N–H and O–H groups in total. The summed E-state index contributed by atoms with van der Waals surface area (Å²) in [4.78, 5) is 11.7. The molecule has 0 aliphatic heterocycles. The zero-order valence-electron chi connectivity index (χ0n) is 11.6. The van der Waals surface area contributed by atoms with E-state index >= 15 is 0 Å². The van der Waals surface area contributed by atoms with E-state index < -0.39 is 40.4 Å². The van der Waals surface area contributed by atoms with Crippen LogP contribution in [0.15, 0.2) is 30.0 Å². The second kappa shape index (κ2) is 5.83. The third-order valence-corrected chi connectivity index (χ3v) is 2.46. The number of hydrogen-bond donors (Lipinski definition) is 1. The van der Waals surface area contributed by atoms with Crippen LogP contribution in [0.25, 0.3) is 0 Å². The molecule has 0 saturated carbocycles. The van der Waals surface area contributed by atoms with E-state index in [0.29, 0.717) is 24.3 Å². The maximum atomic E-state index is 13.0. The first-order valence-corrected chi connectivity index (χ1v) is 5.96. The number of halogens is 5. The van der Waals surface area contributed by atoms with Gasteiger partial charge in [-0.3, -0.25) is 4.79 Å². The molecule has 1 rings (SSSR count). The number of carbonyl (C=O) groups excluding carboxylic acids is 1. The van der Waals surface area contributed by atoms with Crippen molar-refractivity contribution in [2.45, 2.75) is 26.9 Å². The highest BCUT2D eigenvalue weighted by atomic mass is 19.4. The lowest BCUT2D eigenvalue weighted by Gasteiger charge is -2.18. The summed E-state index contributed by atoms with van der Waals surface area (Å²) in [5, 5.41) is 1.84. The summed E-state index contributed by atoms with van der Waals surface area (Å²) >= 11 is 0. The Morgan fingerprint density at radius 3 is 1.90 bits per heavy atom. The number of anilines is 1. The fourth-order valence-electron chi connectivity index (χ4n) is 1.32. The van der Waals surface area contributed by atoms with Crippen LogP contribution in [0.4, 0.5) is 27.6 Å². The molecular weight excluding hydrogens is 293 g/mol. The SMILES string of the molecule is CC(C)(C)C(=O)/C=C(/Nc1cc(F)cc(F)c1)C(F)(F)F. The summed E-state index contributed by atoms with van der Waals surface area (Å²) in [6.07, 6.45) is -4.47. The number of carbonyl (C=O) groups is 1. The lowest BCUT2D eigenvalue weighted by Crippen LogP contribution is -2.24. The quantitative estimate of drug-likeness (QED) is 0.661. The highest BCUT2D eigenvalue weighted by Crippen LogP contribution is 2.29. The Kier molecular flexibility index (Phi) is 4.76. The van der Waals surface area contributed by atoms with E-state index in [4.69, 9.17) is 0 Å². The van der Waals surface area contributed by atoms with Crippen LogP contribution in [0.1, 0.15) is 20.8 Å². The molecule has 21 heavy (non-hydrogen) atoms. The molecule has 0 bridgehead atoms. The molecule has 116 valence electrons. The number of rotatable bonds is 3. The minimum atomic E-state index is -4.86. The van der Waals surface area contributed by atoms with Gasteiger partial charge in [-0.05, 0) is 12.1 Å². The summed E-state index contributed by atoms with van der Waals surface area (Å²) in [5.41, 5.74) is -2.82. The first-order chi connectivity index (χ1) is 9.39. The Morgan fingerprint density at radius 2 is 1.52 bits per heavy atom. The zero-order chi connectivity index (χ0) is 16.4.